The molecule has 2 N–H and O–H groups in total. The van der Waals surface area contributed by atoms with Crippen LogP contribution >= 0.6 is 0 Å². The van der Waals surface area contributed by atoms with Gasteiger partial charge in [0.2, 0.25) is 0 Å². The van der Waals surface area contributed by atoms with Gasteiger partial charge in [0.15, 0.2) is 5.69 Å². The molecule has 1 saturated carbocycles. The molecular weight excluding hydrogens is 244 g/mol. The van der Waals surface area contributed by atoms with Crippen molar-refractivity contribution in [3.8, 4) is 0 Å². The van der Waals surface area contributed by atoms with E-state index in [2.05, 4.69) is 15.5 Å². The van der Waals surface area contributed by atoms with Crippen LogP contribution in [0.15, 0.2) is 12.1 Å². The van der Waals surface area contributed by atoms with Gasteiger partial charge in [0.25, 0.3) is 5.91 Å². The fourth-order valence-electron chi connectivity index (χ4n) is 2.08. The Kier molecular flexibility index (Phi) is 3.45. The van der Waals surface area contributed by atoms with Gasteiger partial charge < -0.3 is 15.3 Å². The van der Waals surface area contributed by atoms with E-state index in [1.807, 2.05) is 13.8 Å². The highest BCUT2D eigenvalue weighted by Crippen LogP contribution is 2.41. The van der Waals surface area contributed by atoms with Crippen LogP contribution in [0.5, 0.6) is 0 Å². The van der Waals surface area contributed by atoms with Gasteiger partial charge in [-0.1, -0.05) is 13.8 Å². The number of amides is 1. The smallest absolute Gasteiger partial charge is 0.273 e. The van der Waals surface area contributed by atoms with E-state index in [-0.39, 0.29) is 23.5 Å². The average Bonchev–Trinajstić information content (AvgIpc) is 2.38. The topological polar surface area (TPSA) is 78.4 Å². The molecule has 0 aromatic carbocycles. The summed E-state index contributed by atoms with van der Waals surface area (Å²) >= 11 is 0. The van der Waals surface area contributed by atoms with Gasteiger partial charge >= 0.3 is 0 Å². The largest absolute Gasteiger partial charge is 0.392 e. The Morgan fingerprint density at radius 1 is 1.42 bits per heavy atom. The average molecular weight is 264 g/mol. The number of rotatable bonds is 3. The molecular formula is C13H20N4O2. The van der Waals surface area contributed by atoms with Crippen molar-refractivity contribution in [2.45, 2.75) is 32.4 Å². The van der Waals surface area contributed by atoms with Gasteiger partial charge in [-0.25, -0.2) is 0 Å². The molecule has 104 valence electrons. The molecule has 2 atom stereocenters. The van der Waals surface area contributed by atoms with Crippen LogP contribution in [0, 0.1) is 5.41 Å². The van der Waals surface area contributed by atoms with Crippen LogP contribution in [-0.2, 0) is 0 Å². The zero-order chi connectivity index (χ0) is 14.2. The quantitative estimate of drug-likeness (QED) is 0.842. The summed E-state index contributed by atoms with van der Waals surface area (Å²) in [6, 6.07) is 3.57. The van der Waals surface area contributed by atoms with Gasteiger partial charge in [0.05, 0.1) is 6.10 Å². The Labute approximate surface area is 112 Å². The van der Waals surface area contributed by atoms with Crippen LogP contribution in [-0.4, -0.2) is 52.4 Å². The van der Waals surface area contributed by atoms with Crippen LogP contribution in [0.1, 0.15) is 30.8 Å². The minimum Gasteiger partial charge on any atom is -0.392 e. The van der Waals surface area contributed by atoms with Crippen molar-refractivity contribution in [2.24, 2.45) is 5.41 Å². The first-order chi connectivity index (χ1) is 8.82. The second kappa shape index (κ2) is 4.77. The Morgan fingerprint density at radius 3 is 2.53 bits per heavy atom. The number of carbonyl (C=O) groups excluding carboxylic acids is 1. The maximum Gasteiger partial charge on any atom is 0.273 e. The van der Waals surface area contributed by atoms with E-state index in [1.54, 1.807) is 26.2 Å². The summed E-state index contributed by atoms with van der Waals surface area (Å²) in [5.41, 5.74) is 0.156. The molecule has 1 aliphatic rings. The Bertz CT molecular complexity index is 470. The van der Waals surface area contributed by atoms with E-state index in [4.69, 9.17) is 0 Å². The molecule has 1 heterocycles. The van der Waals surface area contributed by atoms with Crippen LogP contribution < -0.4 is 5.32 Å². The molecule has 0 spiro atoms. The summed E-state index contributed by atoms with van der Waals surface area (Å²) < 4.78 is 0. The maximum absolute atomic E-state index is 11.7. The molecule has 1 aromatic rings. The highest BCUT2D eigenvalue weighted by molar-refractivity contribution is 5.91. The molecule has 2 unspecified atom stereocenters. The lowest BCUT2D eigenvalue weighted by Gasteiger charge is -2.49. The number of carbonyl (C=O) groups is 1. The summed E-state index contributed by atoms with van der Waals surface area (Å²) in [7, 11) is 3.35. The molecule has 0 saturated heterocycles. The first-order valence-corrected chi connectivity index (χ1v) is 6.32. The predicted octanol–water partition coefficient (Wildman–Crippen LogP) is 0.750. The van der Waals surface area contributed by atoms with Gasteiger partial charge in [-0.2, -0.15) is 0 Å². The highest BCUT2D eigenvalue weighted by Gasteiger charge is 2.47. The lowest BCUT2D eigenvalue weighted by Crippen LogP contribution is -2.57. The zero-order valence-corrected chi connectivity index (χ0v) is 11.7. The van der Waals surface area contributed by atoms with Crippen LogP contribution in [0.3, 0.4) is 0 Å². The number of aliphatic hydroxyl groups is 1. The molecule has 0 radical (unpaired) electrons. The molecule has 1 aromatic heterocycles. The van der Waals surface area contributed by atoms with Crippen molar-refractivity contribution in [3.63, 3.8) is 0 Å². The van der Waals surface area contributed by atoms with E-state index in [9.17, 15) is 9.90 Å². The molecule has 19 heavy (non-hydrogen) atoms. The number of nitrogens with zero attached hydrogens (tertiary/aromatic N) is 3. The van der Waals surface area contributed by atoms with Crippen LogP contribution in [0.4, 0.5) is 5.82 Å². The first kappa shape index (κ1) is 13.7. The number of nitrogens with one attached hydrogen (secondary N) is 1. The molecule has 2 rings (SSSR count). The fraction of sp³-hybridized carbons (Fsp3) is 0.615. The number of anilines is 1. The summed E-state index contributed by atoms with van der Waals surface area (Å²) in [5.74, 6) is 0.457. The highest BCUT2D eigenvalue weighted by atomic mass is 16.3. The molecule has 1 aliphatic carbocycles. The predicted molar refractivity (Wildman–Crippen MR) is 71.9 cm³/mol. The number of hydrogen-bond acceptors (Lipinski definition) is 5. The zero-order valence-electron chi connectivity index (χ0n) is 11.7. The Balaban J connectivity index is 2.02. The molecule has 1 fully saturated rings. The molecule has 6 heteroatoms. The molecule has 1 amide bonds. The SMILES string of the molecule is CN(C)C(=O)c1ccc(NC2CC(O)C2(C)C)nn1. The Hall–Kier alpha value is -1.69. The summed E-state index contributed by atoms with van der Waals surface area (Å²) in [6.45, 7) is 4.02. The fourth-order valence-corrected chi connectivity index (χ4v) is 2.08. The lowest BCUT2D eigenvalue weighted by molar-refractivity contribution is -0.0511. The third-order valence-electron chi connectivity index (χ3n) is 3.83. The van der Waals surface area contributed by atoms with Crippen molar-refractivity contribution in [1.29, 1.82) is 0 Å². The van der Waals surface area contributed by atoms with Crippen LogP contribution in [0.25, 0.3) is 0 Å². The second-order valence-corrected chi connectivity index (χ2v) is 5.77. The van der Waals surface area contributed by atoms with Gasteiger partial charge in [-0.3, -0.25) is 4.79 Å². The van der Waals surface area contributed by atoms with Gasteiger partial charge in [-0.15, -0.1) is 10.2 Å². The van der Waals surface area contributed by atoms with Gasteiger partial charge in [0, 0.05) is 25.6 Å². The Morgan fingerprint density at radius 2 is 2.11 bits per heavy atom. The summed E-state index contributed by atoms with van der Waals surface area (Å²) in [4.78, 5) is 13.1. The third-order valence-corrected chi connectivity index (χ3v) is 3.83. The summed E-state index contributed by atoms with van der Waals surface area (Å²) in [5, 5.41) is 20.8. The van der Waals surface area contributed by atoms with Crippen molar-refractivity contribution in [1.82, 2.24) is 15.1 Å². The van der Waals surface area contributed by atoms with Crippen molar-refractivity contribution in [3.05, 3.63) is 17.8 Å². The first-order valence-electron chi connectivity index (χ1n) is 6.32. The van der Waals surface area contributed by atoms with Crippen molar-refractivity contribution in [2.75, 3.05) is 19.4 Å². The van der Waals surface area contributed by atoms with Crippen molar-refractivity contribution >= 4 is 11.7 Å². The summed E-state index contributed by atoms with van der Waals surface area (Å²) in [6.07, 6.45) is 0.417. The van der Waals surface area contributed by atoms with E-state index >= 15 is 0 Å². The number of hydrogen-bond donors (Lipinski definition) is 2. The number of aliphatic hydroxyl groups excluding tert-OH is 1. The van der Waals surface area contributed by atoms with Gasteiger partial charge in [0.1, 0.15) is 5.82 Å². The minimum absolute atomic E-state index is 0.167. The lowest BCUT2D eigenvalue weighted by atomic mass is 9.64. The van der Waals surface area contributed by atoms with E-state index in [1.165, 1.54) is 4.90 Å². The third kappa shape index (κ3) is 2.53. The van der Waals surface area contributed by atoms with E-state index < -0.39 is 0 Å². The molecule has 0 aliphatic heterocycles. The maximum atomic E-state index is 11.7. The second-order valence-electron chi connectivity index (χ2n) is 5.77. The minimum atomic E-state index is -0.285. The monoisotopic (exact) mass is 264 g/mol. The van der Waals surface area contributed by atoms with Gasteiger partial charge in [-0.05, 0) is 18.6 Å². The van der Waals surface area contributed by atoms with Crippen molar-refractivity contribution < 1.29 is 9.90 Å². The van der Waals surface area contributed by atoms with Crippen LogP contribution in [0.2, 0.25) is 0 Å². The normalized spacial score (nSPS) is 24.5. The molecule has 0 bridgehead atoms. The van der Waals surface area contributed by atoms with E-state index in [0.717, 1.165) is 0 Å². The standard InChI is InChI=1S/C13H20N4O2/c1-13(2)9(7-10(13)18)14-11-6-5-8(15-16-11)12(19)17(3)4/h5-6,9-10,18H,7H2,1-4H3,(H,14,16). The molecule has 6 nitrogen and oxygen atoms in total. The number of aromatic nitrogens is 2. The van der Waals surface area contributed by atoms with E-state index in [0.29, 0.717) is 17.9 Å².